The molecule has 0 saturated carbocycles. The topological polar surface area (TPSA) is 79.3 Å². The van der Waals surface area contributed by atoms with Gasteiger partial charge in [-0.15, -0.1) is 11.3 Å². The summed E-state index contributed by atoms with van der Waals surface area (Å²) in [5.74, 6) is -0.721. The number of aliphatic hydroxyl groups is 1. The van der Waals surface area contributed by atoms with Crippen LogP contribution in [0.4, 0.5) is 0 Å². The van der Waals surface area contributed by atoms with Crippen molar-refractivity contribution in [2.45, 2.75) is 26.0 Å². The normalized spacial score (nSPS) is 19.7. The van der Waals surface area contributed by atoms with Crippen LogP contribution in [-0.2, 0) is 20.9 Å². The predicted molar refractivity (Wildman–Crippen MR) is 147 cm³/mol. The Kier molecular flexibility index (Phi) is 8.22. The highest BCUT2D eigenvalue weighted by Crippen LogP contribution is 2.41. The molecule has 2 aliphatic rings. The number of aliphatic hydroxyl groups excluding tert-OH is 1. The van der Waals surface area contributed by atoms with Gasteiger partial charge in [0.2, 0.25) is 0 Å². The zero-order valence-corrected chi connectivity index (χ0v) is 22.3. The fourth-order valence-corrected chi connectivity index (χ4v) is 5.82. The third-order valence-corrected chi connectivity index (χ3v) is 7.87. The highest BCUT2D eigenvalue weighted by Gasteiger charge is 2.46. The van der Waals surface area contributed by atoms with Gasteiger partial charge in [-0.05, 0) is 54.6 Å². The number of likely N-dealkylation sites (tertiary alicyclic amines) is 1. The maximum absolute atomic E-state index is 13.2. The summed E-state index contributed by atoms with van der Waals surface area (Å²) < 4.78 is 11.3. The van der Waals surface area contributed by atoms with E-state index in [2.05, 4.69) is 11.0 Å². The van der Waals surface area contributed by atoms with Crippen LogP contribution in [0.1, 0.15) is 34.0 Å². The van der Waals surface area contributed by atoms with E-state index in [1.165, 1.54) is 16.9 Å². The highest BCUT2D eigenvalue weighted by atomic mass is 32.1. The number of carbonyl (C=O) groups is 2. The first-order valence-electron chi connectivity index (χ1n) is 12.9. The number of hydrogen-bond donors (Lipinski definition) is 1. The Hall–Kier alpha value is -3.46. The van der Waals surface area contributed by atoms with Gasteiger partial charge in [-0.2, -0.15) is 0 Å². The fourth-order valence-electron chi connectivity index (χ4n) is 4.98. The lowest BCUT2D eigenvalue weighted by Gasteiger charge is -2.28. The van der Waals surface area contributed by atoms with E-state index in [1.807, 2.05) is 42.6 Å². The van der Waals surface area contributed by atoms with Crippen molar-refractivity contribution in [2.24, 2.45) is 0 Å². The summed E-state index contributed by atoms with van der Waals surface area (Å²) in [6, 6.07) is 18.3. The van der Waals surface area contributed by atoms with Crippen LogP contribution in [0.3, 0.4) is 0 Å². The van der Waals surface area contributed by atoms with Crippen molar-refractivity contribution in [3.63, 3.8) is 0 Å². The van der Waals surface area contributed by atoms with E-state index >= 15 is 0 Å². The summed E-state index contributed by atoms with van der Waals surface area (Å²) in [5.41, 5.74) is 2.85. The van der Waals surface area contributed by atoms with E-state index in [1.54, 1.807) is 29.2 Å². The van der Waals surface area contributed by atoms with Gasteiger partial charge < -0.3 is 19.5 Å². The number of nitrogens with zero attached hydrogens (tertiary/aromatic N) is 2. The molecule has 7 nitrogen and oxygen atoms in total. The molecule has 0 aliphatic carbocycles. The molecular formula is C30H32N2O5S. The van der Waals surface area contributed by atoms with Crippen molar-refractivity contribution in [1.82, 2.24) is 9.80 Å². The fraction of sp³-hybridized carbons (Fsp3) is 0.333. The zero-order valence-electron chi connectivity index (χ0n) is 21.5. The minimum atomic E-state index is -0.646. The molecule has 0 spiro atoms. The lowest BCUT2D eigenvalue weighted by molar-refractivity contribution is -0.140. The van der Waals surface area contributed by atoms with E-state index in [0.29, 0.717) is 24.5 Å². The Bertz CT molecular complexity index is 1300. The number of hydrogen-bond acceptors (Lipinski definition) is 7. The minimum absolute atomic E-state index is 0.136. The molecule has 3 heterocycles. The standard InChI is InChI=1S/C30H32N2O5S/c1-21-5-2-6-22(19-21)20-37-24-10-8-23(9-11-24)28(33)26-27(25-7-3-18-38-25)32(30(35)29(26)34)13-4-12-31-14-16-36-17-15-31/h2-3,5-11,18-19,27,33H,4,12-17,20H2,1H3/t27-/m1/s1. The molecule has 2 aliphatic heterocycles. The van der Waals surface area contributed by atoms with Gasteiger partial charge in [-0.25, -0.2) is 0 Å². The van der Waals surface area contributed by atoms with Crippen LogP contribution < -0.4 is 4.74 Å². The summed E-state index contributed by atoms with van der Waals surface area (Å²) in [6.45, 7) is 6.92. The van der Waals surface area contributed by atoms with Crippen molar-refractivity contribution in [3.05, 3.63) is 93.2 Å². The lowest BCUT2D eigenvalue weighted by atomic mass is 10.00. The van der Waals surface area contributed by atoms with Crippen molar-refractivity contribution in [2.75, 3.05) is 39.4 Å². The van der Waals surface area contributed by atoms with Crippen molar-refractivity contribution >= 4 is 28.8 Å². The van der Waals surface area contributed by atoms with E-state index in [9.17, 15) is 14.7 Å². The number of morpholine rings is 1. The largest absolute Gasteiger partial charge is 0.507 e. The molecule has 0 radical (unpaired) electrons. The number of benzene rings is 2. The van der Waals surface area contributed by atoms with Crippen molar-refractivity contribution in [1.29, 1.82) is 0 Å². The molecule has 38 heavy (non-hydrogen) atoms. The molecule has 1 atom stereocenters. The summed E-state index contributed by atoms with van der Waals surface area (Å²) in [4.78, 5) is 31.1. The summed E-state index contributed by atoms with van der Waals surface area (Å²) in [7, 11) is 0. The first-order valence-corrected chi connectivity index (χ1v) is 13.8. The van der Waals surface area contributed by atoms with Gasteiger partial charge in [0.15, 0.2) is 0 Å². The zero-order chi connectivity index (χ0) is 26.5. The van der Waals surface area contributed by atoms with Crippen LogP contribution in [0.25, 0.3) is 5.76 Å². The molecule has 2 fully saturated rings. The quantitative estimate of drug-likeness (QED) is 0.243. The molecule has 2 aromatic carbocycles. The van der Waals surface area contributed by atoms with Gasteiger partial charge in [0, 0.05) is 36.6 Å². The van der Waals surface area contributed by atoms with Crippen LogP contribution in [0, 0.1) is 6.92 Å². The SMILES string of the molecule is Cc1cccc(COc2ccc(C(O)=C3C(=O)C(=O)N(CCCN4CCOCC4)[C@@H]3c3cccs3)cc2)c1. The van der Waals surface area contributed by atoms with E-state index in [4.69, 9.17) is 9.47 Å². The van der Waals surface area contributed by atoms with E-state index in [0.717, 1.165) is 49.7 Å². The molecule has 198 valence electrons. The van der Waals surface area contributed by atoms with Crippen LogP contribution in [-0.4, -0.2) is 66.0 Å². The van der Waals surface area contributed by atoms with Crippen LogP contribution in [0.5, 0.6) is 5.75 Å². The Morgan fingerprint density at radius 3 is 2.55 bits per heavy atom. The summed E-state index contributed by atoms with van der Waals surface area (Å²) in [6.07, 6.45) is 0.738. The molecule has 5 rings (SSSR count). The predicted octanol–water partition coefficient (Wildman–Crippen LogP) is 4.78. The number of aryl methyl sites for hydroxylation is 1. The van der Waals surface area contributed by atoms with Crippen molar-refractivity contribution < 1.29 is 24.2 Å². The van der Waals surface area contributed by atoms with E-state index < -0.39 is 17.7 Å². The Labute approximate surface area is 226 Å². The number of Topliss-reactive ketones (excluding diaryl/α,β-unsaturated/α-hetero) is 1. The number of carbonyl (C=O) groups excluding carboxylic acids is 2. The lowest BCUT2D eigenvalue weighted by Crippen LogP contribution is -2.38. The maximum Gasteiger partial charge on any atom is 0.295 e. The highest BCUT2D eigenvalue weighted by molar-refractivity contribution is 7.10. The Morgan fingerprint density at radius 2 is 1.84 bits per heavy atom. The number of amides is 1. The Balaban J connectivity index is 1.34. The van der Waals surface area contributed by atoms with Gasteiger partial charge >= 0.3 is 0 Å². The van der Waals surface area contributed by atoms with E-state index in [-0.39, 0.29) is 11.3 Å². The second-order valence-corrected chi connectivity index (χ2v) is 10.6. The average Bonchev–Trinajstić information content (AvgIpc) is 3.55. The number of ether oxygens (including phenoxy) is 2. The Morgan fingerprint density at radius 1 is 1.05 bits per heavy atom. The molecule has 1 N–H and O–H groups in total. The maximum atomic E-state index is 13.2. The number of ketones is 1. The molecule has 2 saturated heterocycles. The number of rotatable bonds is 9. The molecule has 3 aromatic rings. The van der Waals surface area contributed by atoms with Gasteiger partial charge in [-0.3, -0.25) is 14.5 Å². The molecule has 1 amide bonds. The summed E-state index contributed by atoms with van der Waals surface area (Å²) >= 11 is 1.48. The third-order valence-electron chi connectivity index (χ3n) is 6.95. The molecule has 0 bridgehead atoms. The van der Waals surface area contributed by atoms with Crippen LogP contribution >= 0.6 is 11.3 Å². The molecule has 1 aromatic heterocycles. The first kappa shape index (κ1) is 26.2. The summed E-state index contributed by atoms with van der Waals surface area (Å²) in [5, 5.41) is 13.2. The second kappa shape index (κ2) is 11.9. The monoisotopic (exact) mass is 532 g/mol. The van der Waals surface area contributed by atoms with Crippen LogP contribution in [0.15, 0.2) is 71.6 Å². The van der Waals surface area contributed by atoms with Crippen LogP contribution in [0.2, 0.25) is 0 Å². The second-order valence-electron chi connectivity index (χ2n) is 9.62. The van der Waals surface area contributed by atoms with Gasteiger partial charge in [-0.1, -0.05) is 35.9 Å². The number of thiophene rings is 1. The minimum Gasteiger partial charge on any atom is -0.507 e. The van der Waals surface area contributed by atoms with Gasteiger partial charge in [0.1, 0.15) is 18.1 Å². The smallest absolute Gasteiger partial charge is 0.295 e. The van der Waals surface area contributed by atoms with Crippen molar-refractivity contribution in [3.8, 4) is 5.75 Å². The first-order chi connectivity index (χ1) is 18.5. The third kappa shape index (κ3) is 5.83. The van der Waals surface area contributed by atoms with Gasteiger partial charge in [0.05, 0.1) is 24.8 Å². The molecule has 8 heteroatoms. The average molecular weight is 533 g/mol. The molecule has 0 unspecified atom stereocenters. The van der Waals surface area contributed by atoms with Gasteiger partial charge in [0.25, 0.3) is 11.7 Å². The molecular weight excluding hydrogens is 500 g/mol.